The average molecular weight is 275 g/mol. The monoisotopic (exact) mass is 275 g/mol. The van der Waals surface area contributed by atoms with Crippen molar-refractivity contribution in [2.24, 2.45) is 5.73 Å². The molecule has 20 heavy (non-hydrogen) atoms. The lowest BCUT2D eigenvalue weighted by Gasteiger charge is -2.27. The van der Waals surface area contributed by atoms with Gasteiger partial charge in [0.2, 0.25) is 0 Å². The van der Waals surface area contributed by atoms with Gasteiger partial charge in [0, 0.05) is 25.3 Å². The van der Waals surface area contributed by atoms with Gasteiger partial charge in [0.15, 0.2) is 0 Å². The van der Waals surface area contributed by atoms with Gasteiger partial charge in [-0.2, -0.15) is 0 Å². The zero-order valence-corrected chi connectivity index (χ0v) is 12.5. The van der Waals surface area contributed by atoms with Crippen LogP contribution in [-0.4, -0.2) is 18.0 Å². The zero-order valence-electron chi connectivity index (χ0n) is 12.5. The minimum atomic E-state index is -0.0471. The minimum absolute atomic E-state index is 0.0471. The number of nitrogens with zero attached hydrogens (tertiary/aromatic N) is 1. The van der Waals surface area contributed by atoms with Crippen LogP contribution in [0.15, 0.2) is 18.2 Å². The molecule has 0 radical (unpaired) electrons. The van der Waals surface area contributed by atoms with Crippen molar-refractivity contribution in [3.8, 4) is 0 Å². The summed E-state index contributed by atoms with van der Waals surface area (Å²) in [5, 5.41) is 2.88. The topological polar surface area (TPSA) is 58.4 Å². The molecule has 1 aromatic rings. The normalized spacial score (nSPS) is 15.8. The first-order chi connectivity index (χ1) is 9.61. The van der Waals surface area contributed by atoms with E-state index in [0.717, 1.165) is 17.7 Å². The predicted octanol–water partition coefficient (Wildman–Crippen LogP) is 3.63. The Kier molecular flexibility index (Phi) is 5.01. The first-order valence-corrected chi connectivity index (χ1v) is 7.52. The quantitative estimate of drug-likeness (QED) is 0.779. The van der Waals surface area contributed by atoms with E-state index < -0.39 is 0 Å². The van der Waals surface area contributed by atoms with Crippen molar-refractivity contribution in [3.63, 3.8) is 0 Å². The maximum absolute atomic E-state index is 11.6. The molecule has 0 saturated heterocycles. The number of nitrogens with two attached hydrogens (primary N) is 1. The van der Waals surface area contributed by atoms with Crippen LogP contribution in [0.3, 0.4) is 0 Å². The van der Waals surface area contributed by atoms with Gasteiger partial charge < -0.3 is 16.0 Å². The second kappa shape index (κ2) is 6.75. The Morgan fingerprint density at radius 2 is 2.15 bits per heavy atom. The lowest BCUT2D eigenvalue weighted by Crippen LogP contribution is -2.35. The highest BCUT2D eigenvalue weighted by Gasteiger charge is 2.20. The SMILES string of the molecule is CCCCCCC(N)c1ccc2c(c1)CN(C)C(=O)N2. The van der Waals surface area contributed by atoms with E-state index in [1.54, 1.807) is 11.9 Å². The molecule has 1 unspecified atom stereocenters. The molecule has 1 atom stereocenters. The van der Waals surface area contributed by atoms with E-state index in [9.17, 15) is 4.79 Å². The van der Waals surface area contributed by atoms with E-state index in [1.807, 2.05) is 12.1 Å². The highest BCUT2D eigenvalue weighted by molar-refractivity contribution is 5.92. The molecule has 0 bridgehead atoms. The summed E-state index contributed by atoms with van der Waals surface area (Å²) in [6, 6.07) is 6.20. The molecule has 4 nitrogen and oxygen atoms in total. The van der Waals surface area contributed by atoms with Crippen molar-refractivity contribution in [1.82, 2.24) is 4.90 Å². The highest BCUT2D eigenvalue weighted by atomic mass is 16.2. The molecule has 0 fully saturated rings. The summed E-state index contributed by atoms with van der Waals surface area (Å²) in [6.07, 6.45) is 6.01. The van der Waals surface area contributed by atoms with Gasteiger partial charge in [-0.3, -0.25) is 0 Å². The fourth-order valence-corrected chi connectivity index (χ4v) is 2.59. The van der Waals surface area contributed by atoms with Gasteiger partial charge in [-0.05, 0) is 23.6 Å². The third-order valence-electron chi connectivity index (χ3n) is 3.92. The van der Waals surface area contributed by atoms with Crippen molar-refractivity contribution < 1.29 is 4.79 Å². The summed E-state index contributed by atoms with van der Waals surface area (Å²) in [6.45, 7) is 2.87. The van der Waals surface area contributed by atoms with Crippen molar-refractivity contribution >= 4 is 11.7 Å². The van der Waals surface area contributed by atoms with E-state index in [-0.39, 0.29) is 12.1 Å². The van der Waals surface area contributed by atoms with Crippen molar-refractivity contribution in [2.75, 3.05) is 12.4 Å². The number of fused-ring (bicyclic) bond motifs is 1. The number of hydrogen-bond acceptors (Lipinski definition) is 2. The number of nitrogens with one attached hydrogen (secondary N) is 1. The Labute approximate surface area is 121 Å². The van der Waals surface area contributed by atoms with Gasteiger partial charge >= 0.3 is 6.03 Å². The fourth-order valence-electron chi connectivity index (χ4n) is 2.59. The maximum Gasteiger partial charge on any atom is 0.321 e. The van der Waals surface area contributed by atoms with E-state index in [2.05, 4.69) is 18.3 Å². The number of rotatable bonds is 6. The molecule has 1 aliphatic heterocycles. The summed E-state index contributed by atoms with van der Waals surface area (Å²) < 4.78 is 0. The van der Waals surface area contributed by atoms with Crippen molar-refractivity contribution in [3.05, 3.63) is 29.3 Å². The van der Waals surface area contributed by atoms with Crippen molar-refractivity contribution in [2.45, 2.75) is 51.6 Å². The van der Waals surface area contributed by atoms with Gasteiger partial charge in [0.25, 0.3) is 0 Å². The number of carbonyl (C=O) groups is 1. The second-order valence-corrected chi connectivity index (χ2v) is 5.66. The minimum Gasteiger partial charge on any atom is -0.324 e. The molecule has 0 aromatic heterocycles. The van der Waals surface area contributed by atoms with Crippen LogP contribution in [-0.2, 0) is 6.54 Å². The molecule has 1 heterocycles. The van der Waals surface area contributed by atoms with Crippen LogP contribution in [0.2, 0.25) is 0 Å². The van der Waals surface area contributed by atoms with Crippen LogP contribution in [0, 0.1) is 0 Å². The number of carbonyl (C=O) groups excluding carboxylic acids is 1. The maximum atomic E-state index is 11.6. The van der Waals surface area contributed by atoms with Crippen LogP contribution in [0.5, 0.6) is 0 Å². The number of amides is 2. The number of benzene rings is 1. The third kappa shape index (κ3) is 3.51. The van der Waals surface area contributed by atoms with E-state index in [1.165, 1.54) is 31.2 Å². The molecule has 1 aromatic carbocycles. The largest absolute Gasteiger partial charge is 0.324 e. The molecular weight excluding hydrogens is 250 g/mol. The number of anilines is 1. The van der Waals surface area contributed by atoms with Crippen LogP contribution in [0.25, 0.3) is 0 Å². The van der Waals surface area contributed by atoms with Crippen LogP contribution >= 0.6 is 0 Å². The molecular formula is C16H25N3O. The molecule has 110 valence electrons. The van der Waals surface area contributed by atoms with Gasteiger partial charge in [-0.25, -0.2) is 4.79 Å². The smallest absolute Gasteiger partial charge is 0.321 e. The molecule has 0 spiro atoms. The summed E-state index contributed by atoms with van der Waals surface area (Å²) in [4.78, 5) is 13.2. The fraction of sp³-hybridized carbons (Fsp3) is 0.562. The summed E-state index contributed by atoms with van der Waals surface area (Å²) in [5.74, 6) is 0. The number of unbranched alkanes of at least 4 members (excludes halogenated alkanes) is 3. The molecule has 1 aliphatic rings. The Balaban J connectivity index is 2.00. The van der Waals surface area contributed by atoms with Gasteiger partial charge in [-0.15, -0.1) is 0 Å². The van der Waals surface area contributed by atoms with E-state index in [4.69, 9.17) is 5.73 Å². The average Bonchev–Trinajstić information content (AvgIpc) is 2.44. The van der Waals surface area contributed by atoms with E-state index in [0.29, 0.717) is 6.54 Å². The van der Waals surface area contributed by atoms with Gasteiger partial charge in [-0.1, -0.05) is 44.7 Å². The first kappa shape index (κ1) is 14.9. The summed E-state index contributed by atoms with van der Waals surface area (Å²) in [5.41, 5.74) is 9.50. The standard InChI is InChI=1S/C16H25N3O/c1-3-4-5-6-7-14(17)12-8-9-15-13(10-12)11-19(2)16(20)18-15/h8-10,14H,3-7,11,17H2,1-2H3,(H,18,20). The Morgan fingerprint density at radius 3 is 2.90 bits per heavy atom. The summed E-state index contributed by atoms with van der Waals surface area (Å²) >= 11 is 0. The predicted molar refractivity (Wildman–Crippen MR) is 82.6 cm³/mol. The molecule has 3 N–H and O–H groups in total. The first-order valence-electron chi connectivity index (χ1n) is 7.52. The van der Waals surface area contributed by atoms with Crippen LogP contribution in [0.1, 0.15) is 56.2 Å². The van der Waals surface area contributed by atoms with Crippen LogP contribution < -0.4 is 11.1 Å². The Hall–Kier alpha value is -1.55. The lowest BCUT2D eigenvalue weighted by atomic mass is 9.97. The van der Waals surface area contributed by atoms with Crippen LogP contribution in [0.4, 0.5) is 10.5 Å². The highest BCUT2D eigenvalue weighted by Crippen LogP contribution is 2.27. The van der Waals surface area contributed by atoms with Gasteiger partial charge in [0.1, 0.15) is 0 Å². The molecule has 2 rings (SSSR count). The Morgan fingerprint density at radius 1 is 1.35 bits per heavy atom. The summed E-state index contributed by atoms with van der Waals surface area (Å²) in [7, 11) is 1.80. The second-order valence-electron chi connectivity index (χ2n) is 5.66. The van der Waals surface area contributed by atoms with Gasteiger partial charge in [0.05, 0.1) is 0 Å². The van der Waals surface area contributed by atoms with Crippen molar-refractivity contribution in [1.29, 1.82) is 0 Å². The number of urea groups is 1. The molecule has 4 heteroatoms. The number of hydrogen-bond donors (Lipinski definition) is 2. The van der Waals surface area contributed by atoms with E-state index >= 15 is 0 Å². The Bertz CT molecular complexity index is 473. The molecule has 0 saturated carbocycles. The molecule has 0 aliphatic carbocycles. The lowest BCUT2D eigenvalue weighted by molar-refractivity contribution is 0.218. The molecule has 2 amide bonds. The zero-order chi connectivity index (χ0) is 14.5. The third-order valence-corrected chi connectivity index (χ3v) is 3.92.